The topological polar surface area (TPSA) is 63.0 Å². The van der Waals surface area contributed by atoms with E-state index in [0.29, 0.717) is 5.69 Å². The van der Waals surface area contributed by atoms with E-state index in [0.717, 1.165) is 10.9 Å². The number of rotatable bonds is 6. The van der Waals surface area contributed by atoms with Crippen LogP contribution in [0.5, 0.6) is 0 Å². The van der Waals surface area contributed by atoms with Crippen molar-refractivity contribution >= 4 is 16.7 Å². The predicted molar refractivity (Wildman–Crippen MR) is 79.4 cm³/mol. The lowest BCUT2D eigenvalue weighted by molar-refractivity contribution is -0.120. The van der Waals surface area contributed by atoms with E-state index in [9.17, 15) is 10.1 Å². The number of Topliss-reactive ketones (excluding diaryl/α,β-unsaturated/α-hetero) is 1. The van der Waals surface area contributed by atoms with Crippen molar-refractivity contribution in [2.45, 2.75) is 12.3 Å². The van der Waals surface area contributed by atoms with Crippen LogP contribution in [0.3, 0.4) is 0 Å². The highest BCUT2D eigenvalue weighted by Gasteiger charge is 2.21. The van der Waals surface area contributed by atoms with Crippen molar-refractivity contribution in [3.8, 4) is 18.4 Å². The number of pyridine rings is 1. The van der Waals surface area contributed by atoms with Gasteiger partial charge in [-0.25, -0.2) is 0 Å². The highest BCUT2D eigenvalue weighted by atomic mass is 16.5. The van der Waals surface area contributed by atoms with E-state index < -0.39 is 5.92 Å². The maximum Gasteiger partial charge on any atom is 0.158 e. The van der Waals surface area contributed by atoms with E-state index in [1.165, 1.54) is 0 Å². The number of nitrogens with zero attached hydrogens (tertiary/aromatic N) is 2. The lowest BCUT2D eigenvalue weighted by atomic mass is 9.98. The van der Waals surface area contributed by atoms with Gasteiger partial charge < -0.3 is 4.74 Å². The normalized spacial score (nSPS) is 11.5. The summed E-state index contributed by atoms with van der Waals surface area (Å²) < 4.78 is 5.07. The van der Waals surface area contributed by atoms with Gasteiger partial charge in [-0.3, -0.25) is 9.78 Å². The fourth-order valence-electron chi connectivity index (χ4n) is 1.99. The van der Waals surface area contributed by atoms with Crippen LogP contribution in [0, 0.1) is 23.7 Å². The summed E-state index contributed by atoms with van der Waals surface area (Å²) in [7, 11) is 0. The smallest absolute Gasteiger partial charge is 0.158 e. The van der Waals surface area contributed by atoms with Crippen LogP contribution in [-0.2, 0) is 9.53 Å². The van der Waals surface area contributed by atoms with Gasteiger partial charge in [0.2, 0.25) is 0 Å². The maximum atomic E-state index is 12.1. The molecule has 0 aliphatic heterocycles. The van der Waals surface area contributed by atoms with E-state index in [1.54, 1.807) is 6.07 Å². The molecule has 2 aromatic rings. The molecular formula is C17H14N2O2. The lowest BCUT2D eigenvalue weighted by Gasteiger charge is -2.08. The molecule has 4 heteroatoms. The number of terminal acetylenes is 1. The molecule has 1 atom stereocenters. The molecule has 1 aromatic carbocycles. The van der Waals surface area contributed by atoms with Gasteiger partial charge in [-0.1, -0.05) is 30.2 Å². The second-order valence-electron chi connectivity index (χ2n) is 4.46. The van der Waals surface area contributed by atoms with Gasteiger partial charge in [-0.2, -0.15) is 5.26 Å². The number of ether oxygens (including phenoxy) is 1. The van der Waals surface area contributed by atoms with Gasteiger partial charge >= 0.3 is 0 Å². The number of carbonyl (C=O) groups is 1. The van der Waals surface area contributed by atoms with Gasteiger partial charge in [0.05, 0.1) is 23.9 Å². The van der Waals surface area contributed by atoms with Gasteiger partial charge in [0.15, 0.2) is 5.78 Å². The molecule has 0 spiro atoms. The van der Waals surface area contributed by atoms with Gasteiger partial charge in [0.1, 0.15) is 12.5 Å². The van der Waals surface area contributed by atoms with Gasteiger partial charge in [0.25, 0.3) is 0 Å². The molecule has 2 rings (SSSR count). The van der Waals surface area contributed by atoms with Crippen LogP contribution < -0.4 is 0 Å². The third-order valence-electron chi connectivity index (χ3n) is 3.04. The standard InChI is InChI=1S/C17H14N2O2/c1-2-10-21-11-9-17(20)14(12-18)16-8-7-13-5-3-4-6-15(13)19-16/h1,3-8,14H,9-11H2. The molecule has 4 nitrogen and oxygen atoms in total. The van der Waals surface area contributed by atoms with Crippen LogP contribution in [0.25, 0.3) is 10.9 Å². The Bertz CT molecular complexity index is 725. The summed E-state index contributed by atoms with van der Waals surface area (Å²) in [6.07, 6.45) is 5.20. The van der Waals surface area contributed by atoms with Gasteiger partial charge in [-0.15, -0.1) is 6.42 Å². The number of para-hydroxylation sites is 1. The Morgan fingerprint density at radius 2 is 2.14 bits per heavy atom. The first-order valence-electron chi connectivity index (χ1n) is 6.55. The molecule has 1 unspecified atom stereocenters. The third-order valence-corrected chi connectivity index (χ3v) is 3.04. The van der Waals surface area contributed by atoms with Crippen molar-refractivity contribution in [1.29, 1.82) is 5.26 Å². The molecule has 0 amide bonds. The molecule has 0 N–H and O–H groups in total. The highest BCUT2D eigenvalue weighted by molar-refractivity contribution is 5.89. The fourth-order valence-corrected chi connectivity index (χ4v) is 1.99. The number of fused-ring (bicyclic) bond motifs is 1. The van der Waals surface area contributed by atoms with Crippen molar-refractivity contribution < 1.29 is 9.53 Å². The number of hydrogen-bond donors (Lipinski definition) is 0. The quantitative estimate of drug-likeness (QED) is 0.601. The first-order valence-corrected chi connectivity index (χ1v) is 6.55. The summed E-state index contributed by atoms with van der Waals surface area (Å²) in [5.74, 6) is 1.24. The van der Waals surface area contributed by atoms with E-state index >= 15 is 0 Å². The Labute approximate surface area is 123 Å². The largest absolute Gasteiger partial charge is 0.368 e. The van der Waals surface area contributed by atoms with E-state index in [2.05, 4.69) is 10.9 Å². The van der Waals surface area contributed by atoms with Crippen LogP contribution in [0.2, 0.25) is 0 Å². The summed E-state index contributed by atoms with van der Waals surface area (Å²) >= 11 is 0. The Kier molecular flexibility index (Phi) is 5.04. The zero-order valence-corrected chi connectivity index (χ0v) is 11.5. The van der Waals surface area contributed by atoms with Crippen molar-refractivity contribution in [3.63, 3.8) is 0 Å². The zero-order chi connectivity index (χ0) is 15.1. The molecule has 0 aliphatic rings. The molecule has 0 bridgehead atoms. The van der Waals surface area contributed by atoms with Gasteiger partial charge in [0, 0.05) is 11.8 Å². The number of carbonyl (C=O) groups excluding carboxylic acids is 1. The van der Waals surface area contributed by atoms with Crippen molar-refractivity contribution in [3.05, 3.63) is 42.1 Å². The second-order valence-corrected chi connectivity index (χ2v) is 4.46. The van der Waals surface area contributed by atoms with E-state index in [1.807, 2.05) is 36.4 Å². The Balaban J connectivity index is 2.14. The minimum absolute atomic E-state index is 0.147. The zero-order valence-electron chi connectivity index (χ0n) is 11.5. The number of ketones is 1. The molecule has 1 heterocycles. The minimum atomic E-state index is -0.871. The lowest BCUT2D eigenvalue weighted by Crippen LogP contribution is -2.14. The summed E-state index contributed by atoms with van der Waals surface area (Å²) in [5, 5.41) is 10.2. The van der Waals surface area contributed by atoms with Crippen LogP contribution in [0.15, 0.2) is 36.4 Å². The number of hydrogen-bond acceptors (Lipinski definition) is 4. The molecule has 0 radical (unpaired) electrons. The summed E-state index contributed by atoms with van der Waals surface area (Å²) in [6, 6.07) is 13.2. The number of benzene rings is 1. The van der Waals surface area contributed by atoms with Gasteiger partial charge in [-0.05, 0) is 12.1 Å². The summed E-state index contributed by atoms with van der Waals surface area (Å²) in [6.45, 7) is 0.382. The summed E-state index contributed by atoms with van der Waals surface area (Å²) in [5.41, 5.74) is 1.24. The molecule has 0 saturated heterocycles. The fraction of sp³-hybridized carbons (Fsp3) is 0.235. The highest BCUT2D eigenvalue weighted by Crippen LogP contribution is 2.19. The molecular weight excluding hydrogens is 264 g/mol. The van der Waals surface area contributed by atoms with E-state index in [4.69, 9.17) is 11.2 Å². The molecule has 21 heavy (non-hydrogen) atoms. The minimum Gasteiger partial charge on any atom is -0.368 e. The molecule has 0 saturated carbocycles. The van der Waals surface area contributed by atoms with Crippen molar-refractivity contribution in [2.75, 3.05) is 13.2 Å². The SMILES string of the molecule is C#CCOCCC(=O)C(C#N)c1ccc2ccccc2n1. The second kappa shape index (κ2) is 7.19. The molecule has 104 valence electrons. The average Bonchev–Trinajstić information content (AvgIpc) is 2.52. The van der Waals surface area contributed by atoms with E-state index in [-0.39, 0.29) is 25.4 Å². The van der Waals surface area contributed by atoms with Crippen molar-refractivity contribution in [1.82, 2.24) is 4.98 Å². The van der Waals surface area contributed by atoms with Crippen LogP contribution in [-0.4, -0.2) is 24.0 Å². The molecule has 1 aromatic heterocycles. The number of aromatic nitrogens is 1. The monoisotopic (exact) mass is 278 g/mol. The molecule has 0 fully saturated rings. The first kappa shape index (κ1) is 14.7. The third kappa shape index (κ3) is 3.66. The van der Waals surface area contributed by atoms with Crippen LogP contribution >= 0.6 is 0 Å². The first-order chi connectivity index (χ1) is 10.3. The molecule has 0 aliphatic carbocycles. The maximum absolute atomic E-state index is 12.1. The Hall–Kier alpha value is -2.69. The average molecular weight is 278 g/mol. The van der Waals surface area contributed by atoms with Crippen molar-refractivity contribution in [2.24, 2.45) is 0 Å². The Morgan fingerprint density at radius 1 is 1.33 bits per heavy atom. The van der Waals surface area contributed by atoms with Crippen LogP contribution in [0.1, 0.15) is 18.0 Å². The Morgan fingerprint density at radius 3 is 2.90 bits per heavy atom. The predicted octanol–water partition coefficient (Wildman–Crippen LogP) is 2.45. The summed E-state index contributed by atoms with van der Waals surface area (Å²) in [4.78, 5) is 16.5. The van der Waals surface area contributed by atoms with Crippen LogP contribution in [0.4, 0.5) is 0 Å². The number of nitriles is 1.